The number of carbonyl (C=O) groups is 1. The minimum Gasteiger partial charge on any atom is -0.398 e. The highest BCUT2D eigenvalue weighted by Crippen LogP contribution is 2.20. The number of para-hydroxylation sites is 1. The first kappa shape index (κ1) is 12.4. The largest absolute Gasteiger partial charge is 0.398 e. The molecule has 1 aromatic heterocycles. The molecule has 3 rings (SSSR count). The molecule has 0 radical (unpaired) electrons. The topological polar surface area (TPSA) is 56.0 Å². The zero-order chi connectivity index (χ0) is 14.1. The number of nitrogens with zero attached hydrogens (tertiary/aromatic N) is 1. The quantitative estimate of drug-likeness (QED) is 0.569. The lowest BCUT2D eigenvalue weighted by Crippen LogP contribution is -2.06. The van der Waals surface area contributed by atoms with Crippen LogP contribution in [-0.4, -0.2) is 10.8 Å². The zero-order valence-corrected chi connectivity index (χ0v) is 11.1. The second-order valence-electron chi connectivity index (χ2n) is 4.77. The van der Waals surface area contributed by atoms with Crippen molar-refractivity contribution in [1.82, 2.24) is 4.98 Å². The van der Waals surface area contributed by atoms with Gasteiger partial charge in [-0.2, -0.15) is 0 Å². The third-order valence-electron chi connectivity index (χ3n) is 3.47. The predicted octanol–water partition coefficient (Wildman–Crippen LogP) is 3.36. The van der Waals surface area contributed by atoms with Crippen LogP contribution in [0.25, 0.3) is 10.9 Å². The molecule has 20 heavy (non-hydrogen) atoms. The molecule has 3 heteroatoms. The minimum absolute atomic E-state index is 0.0481. The van der Waals surface area contributed by atoms with E-state index in [0.717, 1.165) is 16.5 Å². The lowest BCUT2D eigenvalue weighted by atomic mass is 9.98. The van der Waals surface area contributed by atoms with Crippen molar-refractivity contribution in [3.8, 4) is 0 Å². The fourth-order valence-corrected chi connectivity index (χ4v) is 2.25. The van der Waals surface area contributed by atoms with Crippen molar-refractivity contribution in [3.05, 3.63) is 71.4 Å². The van der Waals surface area contributed by atoms with E-state index in [1.807, 2.05) is 37.3 Å². The molecule has 0 saturated heterocycles. The van der Waals surface area contributed by atoms with Gasteiger partial charge in [-0.3, -0.25) is 9.78 Å². The summed E-state index contributed by atoms with van der Waals surface area (Å²) in [7, 11) is 0. The Balaban J connectivity index is 2.10. The number of benzene rings is 2. The number of rotatable bonds is 2. The van der Waals surface area contributed by atoms with Crippen molar-refractivity contribution < 1.29 is 4.79 Å². The van der Waals surface area contributed by atoms with Gasteiger partial charge in [0, 0.05) is 28.4 Å². The molecule has 2 N–H and O–H groups in total. The zero-order valence-electron chi connectivity index (χ0n) is 11.1. The van der Waals surface area contributed by atoms with Crippen molar-refractivity contribution in [2.45, 2.75) is 6.92 Å². The second-order valence-corrected chi connectivity index (χ2v) is 4.77. The molecule has 3 aromatic rings. The van der Waals surface area contributed by atoms with Gasteiger partial charge in [0.2, 0.25) is 0 Å². The van der Waals surface area contributed by atoms with E-state index in [1.54, 1.807) is 24.4 Å². The van der Waals surface area contributed by atoms with Crippen molar-refractivity contribution in [1.29, 1.82) is 0 Å². The molecular formula is C17H14N2O. The van der Waals surface area contributed by atoms with Gasteiger partial charge in [0.05, 0.1) is 5.52 Å². The number of hydrogen-bond donors (Lipinski definition) is 1. The first-order valence-electron chi connectivity index (χ1n) is 6.41. The molecule has 1 heterocycles. The Labute approximate surface area is 117 Å². The maximum Gasteiger partial charge on any atom is 0.194 e. The van der Waals surface area contributed by atoms with E-state index >= 15 is 0 Å². The lowest BCUT2D eigenvalue weighted by Gasteiger charge is -2.08. The van der Waals surface area contributed by atoms with Crippen LogP contribution in [0.15, 0.2) is 54.7 Å². The molecular weight excluding hydrogens is 248 g/mol. The number of nitrogen functional groups attached to an aromatic ring is 1. The Morgan fingerprint density at radius 2 is 1.90 bits per heavy atom. The van der Waals surface area contributed by atoms with Gasteiger partial charge in [-0.15, -0.1) is 0 Å². The van der Waals surface area contributed by atoms with E-state index in [0.29, 0.717) is 16.8 Å². The van der Waals surface area contributed by atoms with Crippen LogP contribution >= 0.6 is 0 Å². The maximum atomic E-state index is 12.6. The van der Waals surface area contributed by atoms with Crippen LogP contribution in [-0.2, 0) is 0 Å². The summed E-state index contributed by atoms with van der Waals surface area (Å²) in [6.07, 6.45) is 1.62. The normalized spacial score (nSPS) is 10.7. The Kier molecular flexibility index (Phi) is 2.95. The Morgan fingerprint density at radius 1 is 1.10 bits per heavy atom. The number of fused-ring (bicyclic) bond motifs is 1. The highest BCUT2D eigenvalue weighted by Gasteiger charge is 2.13. The van der Waals surface area contributed by atoms with Gasteiger partial charge >= 0.3 is 0 Å². The van der Waals surface area contributed by atoms with Crippen LogP contribution in [0.5, 0.6) is 0 Å². The highest BCUT2D eigenvalue weighted by molar-refractivity contribution is 6.11. The van der Waals surface area contributed by atoms with Crippen LogP contribution in [0.4, 0.5) is 5.69 Å². The SMILES string of the molecule is Cc1c(N)cccc1C(=O)c1cnc2ccccc2c1. The molecule has 0 bridgehead atoms. The van der Waals surface area contributed by atoms with Crippen LogP contribution in [0, 0.1) is 6.92 Å². The van der Waals surface area contributed by atoms with E-state index in [-0.39, 0.29) is 5.78 Å². The summed E-state index contributed by atoms with van der Waals surface area (Å²) < 4.78 is 0. The van der Waals surface area contributed by atoms with Gasteiger partial charge in [0.15, 0.2) is 5.78 Å². The molecule has 98 valence electrons. The molecule has 0 amide bonds. The van der Waals surface area contributed by atoms with Crippen molar-refractivity contribution >= 4 is 22.4 Å². The molecule has 2 aromatic carbocycles. The van der Waals surface area contributed by atoms with Gasteiger partial charge in [-0.05, 0) is 30.7 Å². The summed E-state index contributed by atoms with van der Waals surface area (Å²) in [4.78, 5) is 16.9. The molecule has 0 saturated carbocycles. The number of hydrogen-bond acceptors (Lipinski definition) is 3. The molecule has 0 unspecified atom stereocenters. The second kappa shape index (κ2) is 4.78. The number of anilines is 1. The maximum absolute atomic E-state index is 12.6. The molecule has 0 aliphatic carbocycles. The first-order chi connectivity index (χ1) is 9.66. The summed E-state index contributed by atoms with van der Waals surface area (Å²) >= 11 is 0. The molecule has 0 aliphatic rings. The van der Waals surface area contributed by atoms with E-state index in [4.69, 9.17) is 5.73 Å². The fraction of sp³-hybridized carbons (Fsp3) is 0.0588. The summed E-state index contributed by atoms with van der Waals surface area (Å²) in [5.74, 6) is -0.0481. The Morgan fingerprint density at radius 3 is 2.75 bits per heavy atom. The molecule has 0 atom stereocenters. The van der Waals surface area contributed by atoms with Gasteiger partial charge in [-0.1, -0.05) is 30.3 Å². The fourth-order valence-electron chi connectivity index (χ4n) is 2.25. The van der Waals surface area contributed by atoms with Crippen LogP contribution < -0.4 is 5.73 Å². The summed E-state index contributed by atoms with van der Waals surface area (Å²) in [5, 5.41) is 0.958. The third-order valence-corrected chi connectivity index (χ3v) is 3.47. The van der Waals surface area contributed by atoms with Gasteiger partial charge in [0.25, 0.3) is 0 Å². The molecule has 0 aliphatic heterocycles. The lowest BCUT2D eigenvalue weighted by molar-refractivity contribution is 0.103. The van der Waals surface area contributed by atoms with Gasteiger partial charge in [-0.25, -0.2) is 0 Å². The molecule has 0 spiro atoms. The summed E-state index contributed by atoms with van der Waals surface area (Å²) in [6.45, 7) is 1.86. The number of carbonyl (C=O) groups excluding carboxylic acids is 1. The average molecular weight is 262 g/mol. The van der Waals surface area contributed by atoms with Gasteiger partial charge in [0.1, 0.15) is 0 Å². The van der Waals surface area contributed by atoms with Crippen molar-refractivity contribution in [3.63, 3.8) is 0 Å². The standard InChI is InChI=1S/C17H14N2O/c1-11-14(6-4-7-15(11)18)17(20)13-9-12-5-2-3-8-16(12)19-10-13/h2-10H,18H2,1H3. The number of pyridine rings is 1. The van der Waals surface area contributed by atoms with Gasteiger partial charge < -0.3 is 5.73 Å². The number of ketones is 1. The molecule has 3 nitrogen and oxygen atoms in total. The summed E-state index contributed by atoms with van der Waals surface area (Å²) in [6, 6.07) is 15.0. The van der Waals surface area contributed by atoms with Crippen LogP contribution in [0.3, 0.4) is 0 Å². The van der Waals surface area contributed by atoms with Crippen LogP contribution in [0.2, 0.25) is 0 Å². The van der Waals surface area contributed by atoms with E-state index in [1.165, 1.54) is 0 Å². The molecule has 0 fully saturated rings. The number of nitrogens with two attached hydrogens (primary N) is 1. The summed E-state index contributed by atoms with van der Waals surface area (Å²) in [5.41, 5.74) is 9.39. The third kappa shape index (κ3) is 2.03. The highest BCUT2D eigenvalue weighted by atomic mass is 16.1. The van der Waals surface area contributed by atoms with Crippen molar-refractivity contribution in [2.24, 2.45) is 0 Å². The minimum atomic E-state index is -0.0481. The van der Waals surface area contributed by atoms with Crippen molar-refractivity contribution in [2.75, 3.05) is 5.73 Å². The Bertz CT molecular complexity index is 809. The predicted molar refractivity (Wildman–Crippen MR) is 80.8 cm³/mol. The van der Waals surface area contributed by atoms with E-state index in [9.17, 15) is 4.79 Å². The first-order valence-corrected chi connectivity index (χ1v) is 6.41. The average Bonchev–Trinajstić information content (AvgIpc) is 2.49. The monoisotopic (exact) mass is 262 g/mol. The smallest absolute Gasteiger partial charge is 0.194 e. The number of aromatic nitrogens is 1. The van der Waals surface area contributed by atoms with E-state index in [2.05, 4.69) is 4.98 Å². The van der Waals surface area contributed by atoms with E-state index < -0.39 is 0 Å². The van der Waals surface area contributed by atoms with Crippen LogP contribution in [0.1, 0.15) is 21.5 Å². The Hall–Kier alpha value is -2.68.